The molecule has 2 amide bonds. The first-order valence-corrected chi connectivity index (χ1v) is 12.6. The Morgan fingerprint density at radius 1 is 1.09 bits per heavy atom. The fraction of sp³-hybridized carbons (Fsp3) is 0.417. The molecule has 2 aromatic rings. The lowest BCUT2D eigenvalue weighted by Crippen LogP contribution is -2.51. The Hall–Kier alpha value is -3.07. The molecule has 180 valence electrons. The lowest BCUT2D eigenvalue weighted by Gasteiger charge is -2.31. The van der Waals surface area contributed by atoms with Gasteiger partial charge in [-0.1, -0.05) is 18.2 Å². The van der Waals surface area contributed by atoms with Crippen molar-refractivity contribution < 1.29 is 22.7 Å². The molecule has 2 rings (SSSR count). The number of hydrogen-bond donors (Lipinski definition) is 1. The number of sulfonamides is 1. The average Bonchev–Trinajstić information content (AvgIpc) is 2.74. The Kier molecular flexibility index (Phi) is 8.87. The number of benzene rings is 2. The number of carbonyl (C=O) groups is 2. The van der Waals surface area contributed by atoms with Crippen LogP contribution in [-0.4, -0.2) is 57.6 Å². The van der Waals surface area contributed by atoms with Crippen molar-refractivity contribution in [1.82, 2.24) is 10.2 Å². The average molecular weight is 476 g/mol. The highest BCUT2D eigenvalue weighted by Crippen LogP contribution is 2.22. The molecule has 0 bridgehead atoms. The summed E-state index contributed by atoms with van der Waals surface area (Å²) in [6, 6.07) is 11.8. The van der Waals surface area contributed by atoms with Gasteiger partial charge in [0.15, 0.2) is 0 Å². The molecule has 0 saturated carbocycles. The Morgan fingerprint density at radius 2 is 1.73 bits per heavy atom. The molecule has 0 heterocycles. The number of anilines is 1. The predicted molar refractivity (Wildman–Crippen MR) is 130 cm³/mol. The minimum atomic E-state index is -3.75. The van der Waals surface area contributed by atoms with E-state index in [1.165, 1.54) is 4.90 Å². The highest BCUT2D eigenvalue weighted by Gasteiger charge is 2.30. The van der Waals surface area contributed by atoms with Gasteiger partial charge in [0.25, 0.3) is 0 Å². The van der Waals surface area contributed by atoms with E-state index < -0.39 is 28.5 Å². The van der Waals surface area contributed by atoms with Crippen LogP contribution < -0.4 is 14.4 Å². The lowest BCUT2D eigenvalue weighted by molar-refractivity contribution is -0.139. The Bertz CT molecular complexity index is 1080. The van der Waals surface area contributed by atoms with E-state index in [1.807, 2.05) is 26.0 Å². The Morgan fingerprint density at radius 3 is 2.27 bits per heavy atom. The molecule has 33 heavy (non-hydrogen) atoms. The molecule has 1 atom stereocenters. The van der Waals surface area contributed by atoms with Crippen LogP contribution in [0, 0.1) is 13.8 Å². The number of ether oxygens (including phenoxy) is 1. The number of hydrogen-bond acceptors (Lipinski definition) is 5. The summed E-state index contributed by atoms with van der Waals surface area (Å²) in [5.74, 6) is -0.175. The van der Waals surface area contributed by atoms with Crippen LogP contribution in [0.5, 0.6) is 5.75 Å². The maximum Gasteiger partial charge on any atom is 0.244 e. The van der Waals surface area contributed by atoms with Gasteiger partial charge in [-0.15, -0.1) is 0 Å². The van der Waals surface area contributed by atoms with Crippen LogP contribution in [0.4, 0.5) is 5.69 Å². The van der Waals surface area contributed by atoms with Crippen molar-refractivity contribution in [3.8, 4) is 5.75 Å². The summed E-state index contributed by atoms with van der Waals surface area (Å²) >= 11 is 0. The molecule has 0 aliphatic rings. The number of nitrogens with one attached hydrogen (secondary N) is 1. The highest BCUT2D eigenvalue weighted by atomic mass is 32.2. The van der Waals surface area contributed by atoms with E-state index in [9.17, 15) is 18.0 Å². The van der Waals surface area contributed by atoms with Gasteiger partial charge in [0, 0.05) is 13.1 Å². The van der Waals surface area contributed by atoms with Crippen LogP contribution in [-0.2, 0) is 26.2 Å². The van der Waals surface area contributed by atoms with Gasteiger partial charge < -0.3 is 15.0 Å². The molecule has 0 aliphatic carbocycles. The van der Waals surface area contributed by atoms with E-state index in [2.05, 4.69) is 5.32 Å². The highest BCUT2D eigenvalue weighted by molar-refractivity contribution is 7.92. The standard InChI is InChI=1S/C24H33N3O5S/c1-7-25-24(29)19(4)26(15-20-9-8-10-22(14-20)32-5)23(28)16-27(33(6,30)31)21-12-17(2)11-18(3)13-21/h8-14,19H,7,15-16H2,1-6H3,(H,25,29)/t19-/m0/s1. The molecule has 2 aromatic carbocycles. The summed E-state index contributed by atoms with van der Waals surface area (Å²) in [7, 11) is -2.21. The third-order valence-corrected chi connectivity index (χ3v) is 6.32. The summed E-state index contributed by atoms with van der Waals surface area (Å²) in [5, 5.41) is 2.73. The van der Waals surface area contributed by atoms with Crippen molar-refractivity contribution >= 4 is 27.5 Å². The van der Waals surface area contributed by atoms with E-state index in [-0.39, 0.29) is 12.5 Å². The third-order valence-electron chi connectivity index (χ3n) is 5.18. The molecule has 0 spiro atoms. The van der Waals surface area contributed by atoms with Crippen molar-refractivity contribution in [1.29, 1.82) is 0 Å². The largest absolute Gasteiger partial charge is 0.497 e. The van der Waals surface area contributed by atoms with Crippen LogP contribution in [0.1, 0.15) is 30.5 Å². The molecular formula is C24H33N3O5S. The van der Waals surface area contributed by atoms with Crippen LogP contribution in [0.3, 0.4) is 0 Å². The van der Waals surface area contributed by atoms with Gasteiger partial charge in [0.1, 0.15) is 18.3 Å². The molecular weight excluding hydrogens is 442 g/mol. The number of nitrogens with zero attached hydrogens (tertiary/aromatic N) is 2. The molecule has 0 aromatic heterocycles. The monoisotopic (exact) mass is 475 g/mol. The first-order chi connectivity index (χ1) is 15.5. The normalized spacial score (nSPS) is 12.1. The molecule has 0 unspecified atom stereocenters. The van der Waals surface area contributed by atoms with Crippen molar-refractivity contribution in [2.45, 2.75) is 40.3 Å². The first-order valence-electron chi connectivity index (χ1n) is 10.7. The van der Waals surface area contributed by atoms with Crippen LogP contribution in [0.2, 0.25) is 0 Å². The quantitative estimate of drug-likeness (QED) is 0.570. The van der Waals surface area contributed by atoms with Gasteiger partial charge >= 0.3 is 0 Å². The van der Waals surface area contributed by atoms with E-state index in [1.54, 1.807) is 51.3 Å². The SMILES string of the molecule is CCNC(=O)[C@H](C)N(Cc1cccc(OC)c1)C(=O)CN(c1cc(C)cc(C)c1)S(C)(=O)=O. The van der Waals surface area contributed by atoms with Gasteiger partial charge in [-0.2, -0.15) is 0 Å². The summed E-state index contributed by atoms with van der Waals surface area (Å²) < 4.78 is 31.6. The molecule has 9 heteroatoms. The maximum atomic E-state index is 13.5. The molecule has 8 nitrogen and oxygen atoms in total. The number of likely N-dealkylation sites (N-methyl/N-ethyl adjacent to an activating group) is 1. The number of methoxy groups -OCH3 is 1. The Balaban J connectivity index is 2.42. The summed E-state index contributed by atoms with van der Waals surface area (Å²) in [6.07, 6.45) is 1.07. The second-order valence-electron chi connectivity index (χ2n) is 8.06. The van der Waals surface area contributed by atoms with E-state index in [0.717, 1.165) is 27.3 Å². The Labute approximate surface area is 196 Å². The number of amides is 2. The van der Waals surface area contributed by atoms with Gasteiger partial charge in [-0.05, 0) is 68.7 Å². The number of aryl methyl sites for hydroxylation is 2. The van der Waals surface area contributed by atoms with Gasteiger partial charge in [-0.3, -0.25) is 13.9 Å². The summed E-state index contributed by atoms with van der Waals surface area (Å²) in [5.41, 5.74) is 2.94. The second-order valence-corrected chi connectivity index (χ2v) is 9.97. The van der Waals surface area contributed by atoms with Gasteiger partial charge in [0.2, 0.25) is 21.8 Å². The molecule has 0 aliphatic heterocycles. The van der Waals surface area contributed by atoms with Crippen molar-refractivity contribution in [3.05, 3.63) is 59.2 Å². The topological polar surface area (TPSA) is 96.0 Å². The molecule has 0 fully saturated rings. The molecule has 0 saturated heterocycles. The zero-order valence-electron chi connectivity index (χ0n) is 20.1. The van der Waals surface area contributed by atoms with Crippen LogP contribution in [0.25, 0.3) is 0 Å². The summed E-state index contributed by atoms with van der Waals surface area (Å²) in [6.45, 7) is 7.28. The van der Waals surface area contributed by atoms with E-state index in [4.69, 9.17) is 4.74 Å². The van der Waals surface area contributed by atoms with Gasteiger partial charge in [0.05, 0.1) is 19.1 Å². The third kappa shape index (κ3) is 7.21. The van der Waals surface area contributed by atoms with E-state index in [0.29, 0.717) is 18.0 Å². The second kappa shape index (κ2) is 11.2. The first kappa shape index (κ1) is 26.2. The van der Waals surface area contributed by atoms with Crippen molar-refractivity contribution in [2.24, 2.45) is 0 Å². The minimum absolute atomic E-state index is 0.124. The summed E-state index contributed by atoms with van der Waals surface area (Å²) in [4.78, 5) is 27.4. The predicted octanol–water partition coefficient (Wildman–Crippen LogP) is 2.63. The van der Waals surface area contributed by atoms with Crippen molar-refractivity contribution in [3.63, 3.8) is 0 Å². The minimum Gasteiger partial charge on any atom is -0.497 e. The van der Waals surface area contributed by atoms with Crippen LogP contribution in [0.15, 0.2) is 42.5 Å². The van der Waals surface area contributed by atoms with Crippen molar-refractivity contribution in [2.75, 3.05) is 30.8 Å². The van der Waals surface area contributed by atoms with Crippen LogP contribution >= 0.6 is 0 Å². The fourth-order valence-electron chi connectivity index (χ4n) is 3.58. The zero-order chi connectivity index (χ0) is 24.8. The zero-order valence-corrected chi connectivity index (χ0v) is 20.9. The molecule has 0 radical (unpaired) electrons. The smallest absolute Gasteiger partial charge is 0.244 e. The fourth-order valence-corrected chi connectivity index (χ4v) is 4.41. The maximum absolute atomic E-state index is 13.5. The number of rotatable bonds is 10. The molecule has 1 N–H and O–H groups in total. The van der Waals surface area contributed by atoms with Gasteiger partial charge in [-0.25, -0.2) is 8.42 Å². The number of carbonyl (C=O) groups excluding carboxylic acids is 2. The lowest BCUT2D eigenvalue weighted by atomic mass is 10.1. The van der Waals surface area contributed by atoms with E-state index >= 15 is 0 Å².